The van der Waals surface area contributed by atoms with E-state index in [2.05, 4.69) is 0 Å². The fourth-order valence-electron chi connectivity index (χ4n) is 3.83. The maximum absolute atomic E-state index is 15.7. The molecule has 0 bridgehead atoms. The Bertz CT molecular complexity index is 1150. The normalized spacial score (nSPS) is 11.8. The van der Waals surface area contributed by atoms with Gasteiger partial charge in [0, 0.05) is 11.0 Å². The highest BCUT2D eigenvalue weighted by molar-refractivity contribution is 5.48. The lowest BCUT2D eigenvalue weighted by Gasteiger charge is -2.28. The molecule has 3 rings (SSSR count). The molecule has 0 aliphatic rings. The van der Waals surface area contributed by atoms with E-state index in [0.717, 1.165) is 5.56 Å². The van der Waals surface area contributed by atoms with Crippen LogP contribution in [0, 0.1) is 11.6 Å². The molecule has 188 valence electrons. The van der Waals surface area contributed by atoms with Crippen LogP contribution in [-0.2, 0) is 17.4 Å². The number of rotatable bonds is 9. The standard InChI is InChI=1S/C29H34F2O4/c1-28(2,3)20-13-15-23(33-7)27(24(20)30)35-18-29(4,5)21-14-16-22(32-6)26(25(21)31)34-17-19-11-9-8-10-12-19/h8-16H,17-18H2,1-7H3. The van der Waals surface area contributed by atoms with Crippen molar-refractivity contribution in [2.75, 3.05) is 20.8 Å². The van der Waals surface area contributed by atoms with Crippen LogP contribution < -0.4 is 18.9 Å². The lowest BCUT2D eigenvalue weighted by atomic mass is 9.84. The van der Waals surface area contributed by atoms with Gasteiger partial charge in [-0.15, -0.1) is 0 Å². The highest BCUT2D eigenvalue weighted by Crippen LogP contribution is 2.41. The van der Waals surface area contributed by atoms with Gasteiger partial charge in [-0.05, 0) is 28.7 Å². The summed E-state index contributed by atoms with van der Waals surface area (Å²) >= 11 is 0. The van der Waals surface area contributed by atoms with Crippen molar-refractivity contribution in [3.05, 3.63) is 82.9 Å². The van der Waals surface area contributed by atoms with E-state index in [1.807, 2.05) is 65.0 Å². The molecule has 0 N–H and O–H groups in total. The summed E-state index contributed by atoms with van der Waals surface area (Å²) in [4.78, 5) is 0. The molecule has 35 heavy (non-hydrogen) atoms. The number of hydrogen-bond acceptors (Lipinski definition) is 4. The van der Waals surface area contributed by atoms with Crippen molar-refractivity contribution in [3.63, 3.8) is 0 Å². The maximum atomic E-state index is 15.7. The molecular formula is C29H34F2O4. The number of hydrogen-bond donors (Lipinski definition) is 0. The van der Waals surface area contributed by atoms with Crippen molar-refractivity contribution in [2.24, 2.45) is 0 Å². The summed E-state index contributed by atoms with van der Waals surface area (Å²) in [5.74, 6) is -0.389. The van der Waals surface area contributed by atoms with Crippen LogP contribution in [0.3, 0.4) is 0 Å². The minimum absolute atomic E-state index is 0.00918. The van der Waals surface area contributed by atoms with E-state index in [1.165, 1.54) is 14.2 Å². The first-order chi connectivity index (χ1) is 16.5. The molecule has 0 aliphatic carbocycles. The van der Waals surface area contributed by atoms with Crippen molar-refractivity contribution >= 4 is 0 Å². The third-order valence-corrected chi connectivity index (χ3v) is 5.90. The fourth-order valence-corrected chi connectivity index (χ4v) is 3.83. The second-order valence-electron chi connectivity index (χ2n) is 10.1. The number of halogens is 2. The Kier molecular flexibility index (Phi) is 7.93. The van der Waals surface area contributed by atoms with Crippen LogP contribution in [0.4, 0.5) is 8.78 Å². The van der Waals surface area contributed by atoms with Gasteiger partial charge in [0.1, 0.15) is 6.61 Å². The molecule has 0 aromatic heterocycles. The summed E-state index contributed by atoms with van der Waals surface area (Å²) in [6, 6.07) is 16.2. The van der Waals surface area contributed by atoms with Gasteiger partial charge < -0.3 is 18.9 Å². The number of methoxy groups -OCH3 is 2. The highest BCUT2D eigenvalue weighted by Gasteiger charge is 2.31. The van der Waals surface area contributed by atoms with Crippen LogP contribution >= 0.6 is 0 Å². The Hall–Kier alpha value is -3.28. The molecule has 3 aromatic rings. The van der Waals surface area contributed by atoms with Gasteiger partial charge in [0.15, 0.2) is 34.6 Å². The monoisotopic (exact) mass is 484 g/mol. The SMILES string of the molecule is COc1ccc(C(C)(C)C)c(F)c1OCC(C)(C)c1ccc(OC)c(OCc2ccccc2)c1F. The lowest BCUT2D eigenvalue weighted by molar-refractivity contribution is 0.213. The van der Waals surface area contributed by atoms with Crippen LogP contribution in [0.1, 0.15) is 51.3 Å². The Labute approximate surface area is 206 Å². The zero-order valence-electron chi connectivity index (χ0n) is 21.5. The molecule has 0 aliphatic heterocycles. The average molecular weight is 485 g/mol. The molecular weight excluding hydrogens is 450 g/mol. The fraction of sp³-hybridized carbons (Fsp3) is 0.379. The molecule has 0 saturated heterocycles. The minimum Gasteiger partial charge on any atom is -0.493 e. The van der Waals surface area contributed by atoms with Crippen LogP contribution in [0.5, 0.6) is 23.0 Å². The summed E-state index contributed by atoms with van der Waals surface area (Å²) in [5, 5.41) is 0. The van der Waals surface area contributed by atoms with E-state index in [4.69, 9.17) is 18.9 Å². The molecule has 0 radical (unpaired) electrons. The van der Waals surface area contributed by atoms with Crippen molar-refractivity contribution < 1.29 is 27.7 Å². The summed E-state index contributed by atoms with van der Waals surface area (Å²) in [6.45, 7) is 9.64. The molecule has 3 aromatic carbocycles. The minimum atomic E-state index is -0.823. The summed E-state index contributed by atoms with van der Waals surface area (Å²) in [6.07, 6.45) is 0. The molecule has 0 unspecified atom stereocenters. The largest absolute Gasteiger partial charge is 0.493 e. The zero-order chi connectivity index (χ0) is 25.8. The van der Waals surface area contributed by atoms with Gasteiger partial charge in [-0.25, -0.2) is 8.78 Å². The Morgan fingerprint density at radius 1 is 0.657 bits per heavy atom. The number of benzene rings is 3. The van der Waals surface area contributed by atoms with Crippen LogP contribution in [0.15, 0.2) is 54.6 Å². The zero-order valence-corrected chi connectivity index (χ0v) is 21.5. The van der Waals surface area contributed by atoms with E-state index < -0.39 is 22.5 Å². The van der Waals surface area contributed by atoms with Crippen molar-refractivity contribution in [3.8, 4) is 23.0 Å². The van der Waals surface area contributed by atoms with Crippen molar-refractivity contribution in [1.29, 1.82) is 0 Å². The topological polar surface area (TPSA) is 36.9 Å². The van der Waals surface area contributed by atoms with E-state index in [9.17, 15) is 0 Å². The molecule has 6 heteroatoms. The van der Waals surface area contributed by atoms with Crippen molar-refractivity contribution in [2.45, 2.75) is 52.1 Å². The molecule has 0 atom stereocenters. The maximum Gasteiger partial charge on any atom is 0.197 e. The third-order valence-electron chi connectivity index (χ3n) is 5.90. The first-order valence-electron chi connectivity index (χ1n) is 11.5. The molecule has 0 saturated carbocycles. The van der Waals surface area contributed by atoms with Crippen molar-refractivity contribution in [1.82, 2.24) is 0 Å². The lowest BCUT2D eigenvalue weighted by Crippen LogP contribution is -2.28. The second-order valence-corrected chi connectivity index (χ2v) is 10.1. The van der Waals surface area contributed by atoms with Crippen LogP contribution in [0.25, 0.3) is 0 Å². The van der Waals surface area contributed by atoms with Crippen LogP contribution in [-0.4, -0.2) is 20.8 Å². The predicted octanol–water partition coefficient (Wildman–Crippen LogP) is 7.22. The first-order valence-corrected chi connectivity index (χ1v) is 11.5. The molecule has 0 amide bonds. The smallest absolute Gasteiger partial charge is 0.197 e. The summed E-state index contributed by atoms with van der Waals surface area (Å²) in [5.41, 5.74) is 0.544. The number of ether oxygens (including phenoxy) is 4. The van der Waals surface area contributed by atoms with Gasteiger partial charge in [-0.1, -0.05) is 77.1 Å². The summed E-state index contributed by atoms with van der Waals surface area (Å²) in [7, 11) is 2.93. The highest BCUT2D eigenvalue weighted by atomic mass is 19.1. The molecule has 4 nitrogen and oxygen atoms in total. The first kappa shape index (κ1) is 26.3. The Morgan fingerprint density at radius 2 is 1.17 bits per heavy atom. The average Bonchev–Trinajstić information content (AvgIpc) is 2.81. The van der Waals surface area contributed by atoms with E-state index >= 15 is 8.78 Å². The van der Waals surface area contributed by atoms with Gasteiger partial charge in [0.05, 0.1) is 20.8 Å². The van der Waals surface area contributed by atoms with Gasteiger partial charge in [0.25, 0.3) is 0 Å². The van der Waals surface area contributed by atoms with Gasteiger partial charge in [-0.2, -0.15) is 0 Å². The molecule has 0 heterocycles. The van der Waals surface area contributed by atoms with Gasteiger partial charge in [0.2, 0.25) is 0 Å². The summed E-state index contributed by atoms with van der Waals surface area (Å²) < 4.78 is 53.6. The second kappa shape index (κ2) is 10.5. The van der Waals surface area contributed by atoms with Crippen LogP contribution in [0.2, 0.25) is 0 Å². The Balaban J connectivity index is 1.90. The van der Waals surface area contributed by atoms with E-state index in [0.29, 0.717) is 16.9 Å². The van der Waals surface area contributed by atoms with Gasteiger partial charge >= 0.3 is 0 Å². The molecule has 0 spiro atoms. The van der Waals surface area contributed by atoms with E-state index in [1.54, 1.807) is 24.3 Å². The third kappa shape index (κ3) is 5.87. The molecule has 0 fully saturated rings. The van der Waals surface area contributed by atoms with E-state index in [-0.39, 0.29) is 30.5 Å². The quantitative estimate of drug-likeness (QED) is 0.321. The van der Waals surface area contributed by atoms with Gasteiger partial charge in [-0.3, -0.25) is 0 Å². The Morgan fingerprint density at radius 3 is 1.71 bits per heavy atom. The predicted molar refractivity (Wildman–Crippen MR) is 134 cm³/mol.